The minimum Gasteiger partial charge on any atom is -0.460 e. The zero-order valence-electron chi connectivity index (χ0n) is 82.5. The molecule has 1 spiro atoms. The first-order valence-corrected chi connectivity index (χ1v) is 47.4. The number of fused-ring (bicyclic) bond motifs is 10. The van der Waals surface area contributed by atoms with E-state index in [-0.39, 0.29) is 198 Å². The van der Waals surface area contributed by atoms with Gasteiger partial charge in [0.25, 0.3) is 0 Å². The first-order valence-electron chi connectivity index (χ1n) is 47.4. The summed E-state index contributed by atoms with van der Waals surface area (Å²) in [5.41, 5.74) is -2.74. The molecule has 0 amide bonds. The molecule has 0 aromatic rings. The maximum absolute atomic E-state index is 12.7. The molecule has 12 fully saturated rings. The van der Waals surface area contributed by atoms with Gasteiger partial charge in [-0.15, -0.1) is 0 Å². The molecule has 774 valence electrons. The fourth-order valence-corrected chi connectivity index (χ4v) is 21.1. The Bertz CT molecular complexity index is 2930. The smallest absolute Gasteiger partial charge is 0.313 e. The predicted octanol–water partition coefficient (Wildman–Crippen LogP) is 36.5. The Hall–Kier alpha value is -3.22. The lowest BCUT2D eigenvalue weighted by Gasteiger charge is -2.56. The predicted molar refractivity (Wildman–Crippen MR) is 562 cm³/mol. The summed E-state index contributed by atoms with van der Waals surface area (Å²) in [5.74, 6) is 10.0. The van der Waals surface area contributed by atoms with Crippen LogP contribution in [-0.2, 0) is 61.9 Å². The van der Waals surface area contributed by atoms with Crippen LogP contribution in [0.1, 0.15) is 547 Å². The molecule has 13 unspecified atom stereocenters. The van der Waals surface area contributed by atoms with Crippen molar-refractivity contribution >= 4 is 35.8 Å². The molecule has 13 heteroatoms. The number of rotatable bonds is 20. The van der Waals surface area contributed by atoms with E-state index in [9.17, 15) is 28.8 Å². The zero-order valence-corrected chi connectivity index (χ0v) is 82.5. The molecule has 12 aliphatic carbocycles. The van der Waals surface area contributed by atoms with Crippen LogP contribution in [0.5, 0.6) is 0 Å². The summed E-state index contributed by atoms with van der Waals surface area (Å²) in [6, 6.07) is 0. The van der Waals surface area contributed by atoms with Gasteiger partial charge in [0.15, 0.2) is 0 Å². The van der Waals surface area contributed by atoms with E-state index in [0.29, 0.717) is 23.2 Å². The fraction of sp³-hybridized carbons (Fsp3) is 0.947. The molecule has 0 heterocycles. The lowest BCUT2D eigenvalue weighted by atomic mass is 9.54. The van der Waals surface area contributed by atoms with Crippen LogP contribution in [0.3, 0.4) is 0 Å². The van der Waals surface area contributed by atoms with Crippen molar-refractivity contribution in [3.63, 3.8) is 0 Å². The Balaban J connectivity index is -0.000000122. The van der Waals surface area contributed by atoms with Gasteiger partial charge in [-0.3, -0.25) is 28.8 Å². The quantitative estimate of drug-likeness (QED) is 0.0489. The van der Waals surface area contributed by atoms with Crippen LogP contribution < -0.4 is 0 Å². The molecule has 0 saturated heterocycles. The fourth-order valence-electron chi connectivity index (χ4n) is 21.1. The molecule has 0 N–H and O–H groups in total. The Labute approximate surface area is 800 Å². The van der Waals surface area contributed by atoms with E-state index < -0.39 is 11.7 Å². The minimum absolute atomic E-state index is 0. The Kier molecular flexibility index (Phi) is 70.1. The van der Waals surface area contributed by atoms with Gasteiger partial charge in [-0.2, -0.15) is 0 Å². The van der Waals surface area contributed by atoms with Gasteiger partial charge in [-0.25, -0.2) is 0 Å². The van der Waals surface area contributed by atoms with Gasteiger partial charge in [0, 0.05) is 11.8 Å². The zero-order chi connectivity index (χ0) is 88.6. The summed E-state index contributed by atoms with van der Waals surface area (Å²) in [7, 11) is 0. The van der Waals surface area contributed by atoms with Crippen LogP contribution in [0.4, 0.5) is 0 Å². The van der Waals surface area contributed by atoms with Crippen LogP contribution in [-0.4, -0.2) is 75.7 Å². The standard InChI is InChI=1S/C21H36O2.C19H30O2.C18H30O3.C13H24O2.C12H24O2.C10H20O2.4C2H6.13CH4/c1-8-18(3,4)17(22)23-20(7)11-12-21-13-16(20)19(5,6)15(21)10-9-14(21)2;1-5-18(2,3)17(20)21-19(4)10-13-9-14(19)16-12-7-6-11(8-12)15(13)16;1-5-17(3,4)16(19)20-12(2)21-18-9-13-6-14(10-18)8-15(7-13)11-18;1-5-12(2,3)11(14)15-13(4)9-7-6-8-10-13;1-8-11(4,5)10(13)14-12(6,7)9(2)3;1-7-10(5,6)8(11)12-9(2,3)4;4*1-2;;;;;;;;;;;;;/h14-16H,8-13H2,1-7H3;11-16H,5-10H2,1-4H3;12-15H,5-11H2,1-4H3;5-10H2,1-4H3;9H,8H2,1-7H3;7H2,1-6H3;4*1-2H3;13*1H4. The number of carbonyl (C=O) groups excluding carboxylic acids is 6. The number of hydrogen-bond donors (Lipinski definition) is 0. The second-order valence-corrected chi connectivity index (χ2v) is 43.7. The monoisotopic (exact) mass is 1820 g/mol. The first kappa shape index (κ1) is 149. The molecule has 13 nitrogen and oxygen atoms in total. The molecule has 0 aromatic heterocycles. The molecule has 127 heavy (non-hydrogen) atoms. The van der Waals surface area contributed by atoms with E-state index in [1.807, 2.05) is 208 Å². The van der Waals surface area contributed by atoms with E-state index in [4.69, 9.17) is 33.2 Å². The summed E-state index contributed by atoms with van der Waals surface area (Å²) >= 11 is 0. The van der Waals surface area contributed by atoms with E-state index in [1.165, 1.54) is 109 Å². The summed E-state index contributed by atoms with van der Waals surface area (Å²) in [5, 5.41) is 0. The molecule has 0 aliphatic heterocycles. The van der Waals surface area contributed by atoms with E-state index in [0.717, 1.165) is 123 Å². The topological polar surface area (TPSA) is 167 Å². The third-order valence-corrected chi connectivity index (χ3v) is 31.2. The second-order valence-electron chi connectivity index (χ2n) is 43.7. The van der Waals surface area contributed by atoms with Gasteiger partial charge < -0.3 is 33.2 Å². The van der Waals surface area contributed by atoms with Gasteiger partial charge in [-0.1, -0.05) is 235 Å². The largest absolute Gasteiger partial charge is 0.460 e. The van der Waals surface area contributed by atoms with Crippen LogP contribution in [0.2, 0.25) is 0 Å². The molecule has 0 radical (unpaired) electrons. The van der Waals surface area contributed by atoms with E-state index in [1.54, 1.807) is 0 Å². The Morgan fingerprint density at radius 2 is 0.701 bits per heavy atom. The van der Waals surface area contributed by atoms with Gasteiger partial charge in [0.1, 0.15) is 28.0 Å². The Morgan fingerprint density at radius 1 is 0.354 bits per heavy atom. The van der Waals surface area contributed by atoms with Gasteiger partial charge in [-0.05, 0) is 388 Å². The van der Waals surface area contributed by atoms with Crippen molar-refractivity contribution in [2.45, 2.75) is 587 Å². The number of carbonyl (C=O) groups is 6. The molecule has 10 bridgehead atoms. The number of hydrogen-bond acceptors (Lipinski definition) is 13. The lowest BCUT2D eigenvalue weighted by molar-refractivity contribution is -0.248. The van der Waals surface area contributed by atoms with Crippen molar-refractivity contribution in [3.05, 3.63) is 0 Å². The van der Waals surface area contributed by atoms with Crippen molar-refractivity contribution in [1.29, 1.82) is 0 Å². The van der Waals surface area contributed by atoms with Crippen LogP contribution in [0, 0.1) is 120 Å². The molecular formula is C114H240O13. The maximum Gasteiger partial charge on any atom is 0.313 e. The normalized spacial score (nSPS) is 28.3. The van der Waals surface area contributed by atoms with Gasteiger partial charge in [0.2, 0.25) is 6.29 Å². The minimum atomic E-state index is -0.418. The van der Waals surface area contributed by atoms with Gasteiger partial charge >= 0.3 is 35.8 Å². The highest BCUT2D eigenvalue weighted by Crippen LogP contribution is 2.74. The average molecular weight is 1820 g/mol. The van der Waals surface area contributed by atoms with Crippen LogP contribution in [0.25, 0.3) is 0 Å². The van der Waals surface area contributed by atoms with Crippen LogP contribution >= 0.6 is 0 Å². The second kappa shape index (κ2) is 59.6. The first-order chi connectivity index (χ1) is 52.4. The summed E-state index contributed by atoms with van der Waals surface area (Å²) < 4.78 is 40.8. The SMILES string of the molecule is C.C.C.C.C.C.C.C.C.C.C.C.C.CC.CC.CC.CC.CCC(C)(C)C(=O)OC(C)(C)C.CCC(C)(C)C(=O)OC(C)(C)C(C)C.CCC(C)(C)C(=O)OC(C)OC12CC3CC(CC(C3)C1)C2.CCC(C)(C)C(=O)OC1(C)CC2CC1C1C3CCC(C3)C21.CCC(C)(C)C(=O)OC1(C)CCC23CC1C(C)(C)C2CCC3C.CCC(C)(C)C(=O)OC1(C)CCCCC1. The molecule has 12 aliphatic rings. The molecule has 12 saturated carbocycles. The molecule has 13 atom stereocenters. The molecular weight excluding hydrogens is 1580 g/mol. The molecule has 0 aromatic carbocycles. The third kappa shape index (κ3) is 37.4. The summed E-state index contributed by atoms with van der Waals surface area (Å²) in [6.45, 7) is 81.2. The highest BCUT2D eigenvalue weighted by molar-refractivity contribution is 5.78. The third-order valence-electron chi connectivity index (χ3n) is 31.2. The summed E-state index contributed by atoms with van der Waals surface area (Å²) in [4.78, 5) is 72.7. The average Bonchev–Trinajstić information content (AvgIpc) is 1.53. The molecule has 12 rings (SSSR count). The summed E-state index contributed by atoms with van der Waals surface area (Å²) in [6.07, 6.45) is 31.2. The van der Waals surface area contributed by atoms with Crippen molar-refractivity contribution in [3.8, 4) is 0 Å². The van der Waals surface area contributed by atoms with Gasteiger partial charge in [0.05, 0.1) is 38.1 Å². The Morgan fingerprint density at radius 3 is 1.07 bits per heavy atom. The van der Waals surface area contributed by atoms with Crippen molar-refractivity contribution in [2.24, 2.45) is 120 Å². The van der Waals surface area contributed by atoms with Crippen molar-refractivity contribution in [1.82, 2.24) is 0 Å². The van der Waals surface area contributed by atoms with E-state index in [2.05, 4.69) is 69.2 Å². The van der Waals surface area contributed by atoms with E-state index >= 15 is 0 Å². The van der Waals surface area contributed by atoms with Crippen molar-refractivity contribution in [2.75, 3.05) is 0 Å². The van der Waals surface area contributed by atoms with Crippen LogP contribution in [0.15, 0.2) is 0 Å². The highest BCUT2D eigenvalue weighted by atomic mass is 16.7. The number of ether oxygens (including phenoxy) is 7. The number of esters is 6. The maximum atomic E-state index is 12.7. The lowest BCUT2D eigenvalue weighted by Crippen LogP contribution is -2.53. The highest BCUT2D eigenvalue weighted by Gasteiger charge is 2.70. The van der Waals surface area contributed by atoms with Crippen molar-refractivity contribution < 1.29 is 61.9 Å².